The van der Waals surface area contributed by atoms with Gasteiger partial charge in [0.05, 0.1) is 6.10 Å². The highest BCUT2D eigenvalue weighted by atomic mass is 16.9. The van der Waals surface area contributed by atoms with E-state index < -0.39 is 0 Å². The van der Waals surface area contributed by atoms with Crippen LogP contribution in [0.2, 0.25) is 0 Å². The summed E-state index contributed by atoms with van der Waals surface area (Å²) < 4.78 is 0. The summed E-state index contributed by atoms with van der Waals surface area (Å²) >= 11 is 0. The number of nitrogens with zero attached hydrogens (tertiary/aromatic N) is 2. The van der Waals surface area contributed by atoms with Crippen molar-refractivity contribution in [2.45, 2.75) is 39.8 Å². The molecule has 0 bridgehead atoms. The molecule has 0 radical (unpaired) electrons. The first-order valence-electron chi connectivity index (χ1n) is 3.37. The van der Waals surface area contributed by atoms with E-state index in [0.717, 1.165) is 0 Å². The van der Waals surface area contributed by atoms with Crippen LogP contribution in [-0.2, 0) is 4.84 Å². The second-order valence-corrected chi connectivity index (χ2v) is 2.60. The highest BCUT2D eigenvalue weighted by Gasteiger charge is 1.99. The van der Waals surface area contributed by atoms with Crippen LogP contribution < -0.4 is 0 Å². The number of rotatable bonds is 3. The molecule has 0 rings (SSSR count). The quantitative estimate of drug-likeness (QED) is 0.449. The van der Waals surface area contributed by atoms with Crippen molar-refractivity contribution in [3.8, 4) is 0 Å². The third-order valence-electron chi connectivity index (χ3n) is 0.626. The topological polar surface area (TPSA) is 47.7 Å². The van der Waals surface area contributed by atoms with Gasteiger partial charge in [-0.3, -0.25) is 0 Å². The van der Waals surface area contributed by atoms with Gasteiger partial charge in [0.25, 0.3) is 0 Å². The molecule has 4 nitrogen and oxygen atoms in total. The lowest BCUT2D eigenvalue weighted by Gasteiger charge is -2.05. The maximum atomic E-state index is 10.6. The molecular weight excluding hydrogens is 132 g/mol. The van der Waals surface area contributed by atoms with Crippen molar-refractivity contribution in [3.05, 3.63) is 5.21 Å². The van der Waals surface area contributed by atoms with Crippen molar-refractivity contribution >= 4 is 0 Å². The second kappa shape index (κ2) is 4.09. The average molecular weight is 146 g/mol. The largest absolute Gasteiger partial charge is 0.378 e. The fourth-order valence-electron chi connectivity index (χ4n) is 0.396. The molecule has 60 valence electrons. The highest BCUT2D eigenvalue weighted by molar-refractivity contribution is 4.38. The van der Waals surface area contributed by atoms with Crippen molar-refractivity contribution < 1.29 is 9.86 Å². The summed E-state index contributed by atoms with van der Waals surface area (Å²) in [6, 6.07) is -0.0174. The molecule has 0 atom stereocenters. The van der Waals surface area contributed by atoms with Gasteiger partial charge < -0.3 is 4.84 Å². The van der Waals surface area contributed by atoms with Crippen LogP contribution in [0.3, 0.4) is 0 Å². The fraction of sp³-hybridized carbons (Fsp3) is 1.00. The number of hydrogen-bond donors (Lipinski definition) is 0. The SMILES string of the molecule is CC(C)N=[N+]([O-])OC(C)C. The van der Waals surface area contributed by atoms with Crippen molar-refractivity contribution in [2.75, 3.05) is 0 Å². The maximum absolute atomic E-state index is 10.6. The zero-order chi connectivity index (χ0) is 8.15. The Morgan fingerprint density at radius 2 is 1.80 bits per heavy atom. The molecule has 0 saturated carbocycles. The molecule has 0 saturated heterocycles. The average Bonchev–Trinajstić information content (AvgIpc) is 1.58. The molecule has 0 N–H and O–H groups in total. The lowest BCUT2D eigenvalue weighted by molar-refractivity contribution is -0.800. The zero-order valence-electron chi connectivity index (χ0n) is 6.87. The van der Waals surface area contributed by atoms with Gasteiger partial charge in [-0.05, 0) is 27.7 Å². The Balaban J connectivity index is 3.71. The van der Waals surface area contributed by atoms with E-state index in [0.29, 0.717) is 0 Å². The Bertz CT molecular complexity index is 121. The highest BCUT2D eigenvalue weighted by Crippen LogP contribution is 1.92. The monoisotopic (exact) mass is 146 g/mol. The Kier molecular flexibility index (Phi) is 3.76. The molecular formula is C6H14N2O2. The molecule has 0 aliphatic carbocycles. The molecule has 0 aliphatic heterocycles. The lowest BCUT2D eigenvalue weighted by atomic mass is 10.4. The zero-order valence-corrected chi connectivity index (χ0v) is 6.87. The van der Waals surface area contributed by atoms with Crippen LogP contribution in [0.4, 0.5) is 0 Å². The molecule has 0 aromatic rings. The van der Waals surface area contributed by atoms with Gasteiger partial charge in [-0.15, -0.1) is 0 Å². The van der Waals surface area contributed by atoms with Crippen molar-refractivity contribution in [3.63, 3.8) is 0 Å². The predicted molar refractivity (Wildman–Crippen MR) is 37.4 cm³/mol. The van der Waals surface area contributed by atoms with E-state index in [1.807, 2.05) is 13.8 Å². The first kappa shape index (κ1) is 9.20. The standard InChI is InChI=1S/C6H14N2O2/c1-5(2)7-8(9)10-6(3)4/h5-6H,1-4H3. The normalized spacial score (nSPS) is 12.8. The Labute approximate surface area is 61.0 Å². The Morgan fingerprint density at radius 3 is 2.10 bits per heavy atom. The summed E-state index contributed by atoms with van der Waals surface area (Å²) in [6.07, 6.45) is -0.111. The van der Waals surface area contributed by atoms with Gasteiger partial charge in [0, 0.05) is 5.11 Å². The van der Waals surface area contributed by atoms with Crippen molar-refractivity contribution in [1.29, 1.82) is 0 Å². The first-order valence-corrected chi connectivity index (χ1v) is 3.37. The van der Waals surface area contributed by atoms with E-state index in [9.17, 15) is 5.21 Å². The molecule has 4 heteroatoms. The van der Waals surface area contributed by atoms with E-state index in [-0.39, 0.29) is 17.2 Å². The molecule has 0 unspecified atom stereocenters. The van der Waals surface area contributed by atoms with E-state index in [4.69, 9.17) is 0 Å². The third-order valence-corrected chi connectivity index (χ3v) is 0.626. The minimum atomic E-state index is -0.111. The van der Waals surface area contributed by atoms with Gasteiger partial charge in [-0.2, -0.15) is 0 Å². The van der Waals surface area contributed by atoms with E-state index >= 15 is 0 Å². The Morgan fingerprint density at radius 1 is 1.30 bits per heavy atom. The summed E-state index contributed by atoms with van der Waals surface area (Å²) in [4.78, 5) is 4.67. The molecule has 0 fully saturated rings. The van der Waals surface area contributed by atoms with Crippen LogP contribution in [0.15, 0.2) is 5.11 Å². The van der Waals surface area contributed by atoms with Crippen LogP contribution >= 0.6 is 0 Å². The van der Waals surface area contributed by atoms with Crippen LogP contribution in [0.25, 0.3) is 0 Å². The van der Waals surface area contributed by atoms with E-state index in [2.05, 4.69) is 9.95 Å². The molecule has 0 heterocycles. The van der Waals surface area contributed by atoms with E-state index in [1.165, 1.54) is 0 Å². The van der Waals surface area contributed by atoms with Crippen LogP contribution in [0, 0.1) is 5.21 Å². The summed E-state index contributed by atoms with van der Waals surface area (Å²) in [7, 11) is 0. The summed E-state index contributed by atoms with van der Waals surface area (Å²) in [6.45, 7) is 7.19. The minimum absolute atomic E-state index is 0.0174. The van der Waals surface area contributed by atoms with Crippen molar-refractivity contribution in [2.24, 2.45) is 5.11 Å². The van der Waals surface area contributed by atoms with Crippen molar-refractivity contribution in [1.82, 2.24) is 0 Å². The molecule has 0 amide bonds. The van der Waals surface area contributed by atoms with Gasteiger partial charge in [0.2, 0.25) is 0 Å². The van der Waals surface area contributed by atoms with Gasteiger partial charge in [-0.1, -0.05) is 0 Å². The molecule has 0 aliphatic rings. The first-order chi connectivity index (χ1) is 4.52. The Hall–Kier alpha value is -0.800. The fourth-order valence-corrected chi connectivity index (χ4v) is 0.396. The van der Waals surface area contributed by atoms with Gasteiger partial charge in [0.15, 0.2) is 5.02 Å². The molecule has 10 heavy (non-hydrogen) atoms. The minimum Gasteiger partial charge on any atom is -0.378 e. The second-order valence-electron chi connectivity index (χ2n) is 2.60. The predicted octanol–water partition coefficient (Wildman–Crippen LogP) is 1.70. The van der Waals surface area contributed by atoms with Crippen LogP contribution in [0.5, 0.6) is 0 Å². The van der Waals surface area contributed by atoms with Gasteiger partial charge in [-0.25, -0.2) is 5.21 Å². The molecule has 0 spiro atoms. The molecule has 0 aromatic carbocycles. The smallest absolute Gasteiger partial charge is 0.169 e. The lowest BCUT2D eigenvalue weighted by Crippen LogP contribution is -2.11. The summed E-state index contributed by atoms with van der Waals surface area (Å²) in [5, 5.41) is 14.4. The van der Waals surface area contributed by atoms with Gasteiger partial charge >= 0.3 is 0 Å². The third kappa shape index (κ3) is 5.34. The van der Waals surface area contributed by atoms with Gasteiger partial charge in [0.1, 0.15) is 6.04 Å². The van der Waals surface area contributed by atoms with Crippen LogP contribution in [-0.4, -0.2) is 17.2 Å². The van der Waals surface area contributed by atoms with Crippen LogP contribution in [0.1, 0.15) is 27.7 Å². The maximum Gasteiger partial charge on any atom is 0.169 e. The summed E-state index contributed by atoms with van der Waals surface area (Å²) in [5.74, 6) is 0. The van der Waals surface area contributed by atoms with E-state index in [1.54, 1.807) is 13.8 Å². The molecule has 0 aromatic heterocycles. The number of hydrogen-bond acceptors (Lipinski definition) is 3. The summed E-state index contributed by atoms with van der Waals surface area (Å²) in [5.41, 5.74) is 0.